The van der Waals surface area contributed by atoms with Crippen molar-refractivity contribution < 1.29 is 9.53 Å². The van der Waals surface area contributed by atoms with E-state index in [-0.39, 0.29) is 17.8 Å². The number of carbonyl (C=O) groups excluding carboxylic acids is 1. The minimum atomic E-state index is -0.809. The summed E-state index contributed by atoms with van der Waals surface area (Å²) < 4.78 is 4.94. The molecule has 4 nitrogen and oxygen atoms in total. The zero-order valence-corrected chi connectivity index (χ0v) is 10.6. The molecule has 0 spiro atoms. The Hall–Kier alpha value is -1.45. The first-order chi connectivity index (χ1) is 8.09. The van der Waals surface area contributed by atoms with Crippen molar-refractivity contribution in [1.29, 1.82) is 0 Å². The van der Waals surface area contributed by atoms with Gasteiger partial charge >= 0.3 is 5.97 Å². The normalized spacial score (nSPS) is 27.0. The fourth-order valence-electron chi connectivity index (χ4n) is 1.93. The van der Waals surface area contributed by atoms with E-state index in [1.54, 1.807) is 26.0 Å². The molecule has 4 heteroatoms. The van der Waals surface area contributed by atoms with Crippen molar-refractivity contribution in [3.8, 4) is 0 Å². The Morgan fingerprint density at radius 1 is 1.53 bits per heavy atom. The first-order valence-electron chi connectivity index (χ1n) is 5.90. The van der Waals surface area contributed by atoms with Crippen LogP contribution in [0, 0.1) is 16.7 Å². The van der Waals surface area contributed by atoms with Crippen LogP contribution in [0.3, 0.4) is 0 Å². The highest BCUT2D eigenvalue weighted by Crippen LogP contribution is 2.49. The van der Waals surface area contributed by atoms with Gasteiger partial charge in [-0.15, -0.1) is 4.91 Å². The molecule has 17 heavy (non-hydrogen) atoms. The largest absolute Gasteiger partial charge is 0.466 e. The maximum Gasteiger partial charge on any atom is 0.309 e. The van der Waals surface area contributed by atoms with Crippen LogP contribution in [0.2, 0.25) is 0 Å². The fourth-order valence-corrected chi connectivity index (χ4v) is 1.93. The molecule has 1 fully saturated rings. The molecular formula is C13H19NO3. The third-order valence-electron chi connectivity index (χ3n) is 3.06. The number of nitroso groups, excluding NO2 is 1. The minimum Gasteiger partial charge on any atom is -0.466 e. The van der Waals surface area contributed by atoms with Gasteiger partial charge in [0.25, 0.3) is 0 Å². The van der Waals surface area contributed by atoms with Crippen molar-refractivity contribution in [3.63, 3.8) is 0 Å². The first-order valence-corrected chi connectivity index (χ1v) is 5.90. The maximum atomic E-state index is 11.5. The average Bonchev–Trinajstić information content (AvgIpc) is 3.10. The number of allylic oxidation sites excluding steroid dienone is 3. The van der Waals surface area contributed by atoms with Crippen molar-refractivity contribution in [3.05, 3.63) is 29.2 Å². The van der Waals surface area contributed by atoms with Gasteiger partial charge in [-0.25, -0.2) is 0 Å². The zero-order valence-electron chi connectivity index (χ0n) is 10.6. The van der Waals surface area contributed by atoms with E-state index in [4.69, 9.17) is 4.74 Å². The third kappa shape index (κ3) is 3.25. The van der Waals surface area contributed by atoms with E-state index in [1.807, 2.05) is 19.1 Å². The van der Waals surface area contributed by atoms with Gasteiger partial charge in [-0.05, 0) is 27.2 Å². The fraction of sp³-hybridized carbons (Fsp3) is 0.615. The summed E-state index contributed by atoms with van der Waals surface area (Å²) in [5.74, 6) is -0.416. The van der Waals surface area contributed by atoms with Crippen LogP contribution in [0.1, 0.15) is 27.2 Å². The molecule has 1 aliphatic carbocycles. The molecule has 1 rings (SSSR count). The molecule has 0 aromatic carbocycles. The molecule has 3 atom stereocenters. The highest BCUT2D eigenvalue weighted by Gasteiger charge is 2.54. The van der Waals surface area contributed by atoms with Gasteiger partial charge < -0.3 is 4.74 Å². The Morgan fingerprint density at radius 3 is 2.76 bits per heavy atom. The van der Waals surface area contributed by atoms with Crippen LogP contribution in [0.5, 0.6) is 0 Å². The average molecular weight is 237 g/mol. The quantitative estimate of drug-likeness (QED) is 0.405. The van der Waals surface area contributed by atoms with Crippen molar-refractivity contribution in [2.45, 2.75) is 32.7 Å². The Bertz CT molecular complexity index is 349. The summed E-state index contributed by atoms with van der Waals surface area (Å²) in [6.45, 7) is 5.80. The molecule has 1 unspecified atom stereocenters. The van der Waals surface area contributed by atoms with Crippen LogP contribution < -0.4 is 0 Å². The second kappa shape index (κ2) is 5.75. The lowest BCUT2D eigenvalue weighted by Crippen LogP contribution is -2.24. The van der Waals surface area contributed by atoms with Crippen LogP contribution in [0.4, 0.5) is 0 Å². The molecule has 0 bridgehead atoms. The number of hydrogen-bond acceptors (Lipinski definition) is 4. The van der Waals surface area contributed by atoms with Crippen LogP contribution >= 0.6 is 0 Å². The van der Waals surface area contributed by atoms with Gasteiger partial charge in [0.05, 0.1) is 12.5 Å². The number of carbonyl (C=O) groups is 1. The van der Waals surface area contributed by atoms with E-state index in [0.29, 0.717) is 13.0 Å². The van der Waals surface area contributed by atoms with E-state index in [2.05, 4.69) is 5.18 Å². The molecule has 0 aromatic heterocycles. The van der Waals surface area contributed by atoms with Gasteiger partial charge in [-0.2, -0.15) is 0 Å². The Morgan fingerprint density at radius 2 is 2.24 bits per heavy atom. The lowest BCUT2D eigenvalue weighted by Gasteiger charge is -2.16. The summed E-state index contributed by atoms with van der Waals surface area (Å²) in [5, 5.41) is 3.17. The van der Waals surface area contributed by atoms with Crippen LogP contribution in [-0.4, -0.2) is 18.1 Å². The SMILES string of the molecule is C/C=C\C=C/C(C)(N=O)[C@H]1C[C@H]1C(=O)OCC. The predicted molar refractivity (Wildman–Crippen MR) is 66.4 cm³/mol. The second-order valence-electron chi connectivity index (χ2n) is 4.40. The summed E-state index contributed by atoms with van der Waals surface area (Å²) >= 11 is 0. The monoisotopic (exact) mass is 237 g/mol. The Balaban J connectivity index is 2.65. The number of hydrogen-bond donors (Lipinski definition) is 0. The van der Waals surface area contributed by atoms with Crippen LogP contribution in [-0.2, 0) is 9.53 Å². The van der Waals surface area contributed by atoms with Crippen LogP contribution in [0.25, 0.3) is 0 Å². The smallest absolute Gasteiger partial charge is 0.309 e. The molecule has 0 radical (unpaired) electrons. The standard InChI is InChI=1S/C13H19NO3/c1-4-6-7-8-13(3,14-16)11-9-10(11)12(15)17-5-2/h4,6-8,10-11H,5,9H2,1-3H3/b6-4-,8-7-/t10-,11+,13?/m1/s1. The van der Waals surface area contributed by atoms with Gasteiger partial charge in [-0.1, -0.05) is 29.5 Å². The molecule has 0 aliphatic heterocycles. The highest BCUT2D eigenvalue weighted by molar-refractivity contribution is 5.76. The van der Waals surface area contributed by atoms with Crippen molar-refractivity contribution in [2.24, 2.45) is 17.0 Å². The zero-order chi connectivity index (χ0) is 12.9. The summed E-state index contributed by atoms with van der Waals surface area (Å²) in [5.41, 5.74) is -0.809. The van der Waals surface area contributed by atoms with E-state index in [0.717, 1.165) is 0 Å². The van der Waals surface area contributed by atoms with Crippen molar-refractivity contribution >= 4 is 5.97 Å². The summed E-state index contributed by atoms with van der Waals surface area (Å²) in [6, 6.07) is 0. The molecule has 0 aromatic rings. The molecule has 94 valence electrons. The van der Waals surface area contributed by atoms with E-state index >= 15 is 0 Å². The Labute approximate surface area is 102 Å². The van der Waals surface area contributed by atoms with Crippen molar-refractivity contribution in [1.82, 2.24) is 0 Å². The van der Waals surface area contributed by atoms with Gasteiger partial charge in [-0.3, -0.25) is 4.79 Å². The summed E-state index contributed by atoms with van der Waals surface area (Å²) in [4.78, 5) is 22.5. The maximum absolute atomic E-state index is 11.5. The summed E-state index contributed by atoms with van der Waals surface area (Å²) in [6.07, 6.45) is 7.94. The topological polar surface area (TPSA) is 55.7 Å². The van der Waals surface area contributed by atoms with Crippen LogP contribution in [0.15, 0.2) is 29.5 Å². The molecule has 0 saturated heterocycles. The Kier molecular flexibility index (Phi) is 4.61. The molecule has 1 saturated carbocycles. The molecule has 1 aliphatic rings. The lowest BCUT2D eigenvalue weighted by atomic mass is 9.95. The first kappa shape index (κ1) is 13.6. The van der Waals surface area contributed by atoms with Gasteiger partial charge in [0.1, 0.15) is 5.54 Å². The van der Waals surface area contributed by atoms with Gasteiger partial charge in [0.15, 0.2) is 0 Å². The lowest BCUT2D eigenvalue weighted by molar-refractivity contribution is -0.145. The van der Waals surface area contributed by atoms with E-state index in [1.165, 1.54) is 0 Å². The molecular weight excluding hydrogens is 218 g/mol. The highest BCUT2D eigenvalue weighted by atomic mass is 16.5. The third-order valence-corrected chi connectivity index (χ3v) is 3.06. The predicted octanol–water partition coefficient (Wildman–Crippen LogP) is 2.84. The molecule has 0 amide bonds. The number of ether oxygens (including phenoxy) is 1. The van der Waals surface area contributed by atoms with Crippen molar-refractivity contribution in [2.75, 3.05) is 6.61 Å². The summed E-state index contributed by atoms with van der Waals surface area (Å²) in [7, 11) is 0. The number of esters is 1. The minimum absolute atomic E-state index is 0.0273. The number of rotatable bonds is 6. The molecule has 0 heterocycles. The number of nitrogens with zero attached hydrogens (tertiary/aromatic N) is 1. The van der Waals surface area contributed by atoms with Gasteiger partial charge in [0.2, 0.25) is 0 Å². The van der Waals surface area contributed by atoms with E-state index < -0.39 is 5.54 Å². The second-order valence-corrected chi connectivity index (χ2v) is 4.40. The molecule has 0 N–H and O–H groups in total. The van der Waals surface area contributed by atoms with E-state index in [9.17, 15) is 9.70 Å². The van der Waals surface area contributed by atoms with Gasteiger partial charge in [0, 0.05) is 5.92 Å².